The average Bonchev–Trinajstić information content (AvgIpc) is 2.81. The Labute approximate surface area is 206 Å². The molecule has 0 radical (unpaired) electrons. The van der Waals surface area contributed by atoms with Crippen molar-refractivity contribution in [3.05, 3.63) is 12.2 Å². The minimum absolute atomic E-state index is 0.0722. The highest BCUT2D eigenvalue weighted by atomic mass is 16.5. The summed E-state index contributed by atoms with van der Waals surface area (Å²) in [6.45, 7) is 4.92. The minimum atomic E-state index is -0.0722. The largest absolute Gasteiger partial charge is 0.461 e. The molecule has 0 saturated heterocycles. The van der Waals surface area contributed by atoms with Crippen LogP contribution >= 0.6 is 0 Å². The van der Waals surface area contributed by atoms with Gasteiger partial charge in [0, 0.05) is 12.8 Å². The van der Waals surface area contributed by atoms with Gasteiger partial charge in [0.2, 0.25) is 0 Å². The number of hydrogen-bond donors (Lipinski definition) is 0. The van der Waals surface area contributed by atoms with E-state index in [1.165, 1.54) is 96.3 Å². The summed E-state index contributed by atoms with van der Waals surface area (Å²) < 4.78 is 5.30. The van der Waals surface area contributed by atoms with Gasteiger partial charge in [0.15, 0.2) is 0 Å². The van der Waals surface area contributed by atoms with Crippen molar-refractivity contribution in [3.63, 3.8) is 0 Å². The number of hydrogen-bond acceptors (Lipinski definition) is 3. The molecule has 0 amide bonds. The predicted molar refractivity (Wildman–Crippen MR) is 143 cm³/mol. The van der Waals surface area contributed by atoms with Crippen LogP contribution in [0.2, 0.25) is 0 Å². The van der Waals surface area contributed by atoms with Crippen molar-refractivity contribution in [1.82, 2.24) is 0 Å². The Morgan fingerprint density at radius 2 is 1.18 bits per heavy atom. The van der Waals surface area contributed by atoms with Crippen molar-refractivity contribution >= 4 is 12.3 Å². The van der Waals surface area contributed by atoms with Gasteiger partial charge in [-0.05, 0) is 25.2 Å². The summed E-state index contributed by atoms with van der Waals surface area (Å²) in [5, 5.41) is 0. The van der Waals surface area contributed by atoms with Crippen LogP contribution in [0, 0.1) is 5.92 Å². The van der Waals surface area contributed by atoms with E-state index in [0.29, 0.717) is 25.4 Å². The second-order valence-corrected chi connectivity index (χ2v) is 9.84. The lowest BCUT2D eigenvalue weighted by Gasteiger charge is -2.14. The molecule has 3 heteroatoms. The maximum Gasteiger partial charge on any atom is 0.306 e. The molecule has 0 aliphatic rings. The van der Waals surface area contributed by atoms with Gasteiger partial charge in [0.1, 0.15) is 12.9 Å². The van der Waals surface area contributed by atoms with E-state index in [4.69, 9.17) is 4.74 Å². The van der Waals surface area contributed by atoms with Gasteiger partial charge in [-0.15, -0.1) is 0 Å². The highest BCUT2D eigenvalue weighted by molar-refractivity contribution is 5.69. The summed E-state index contributed by atoms with van der Waals surface area (Å²) in [5.41, 5.74) is 0. The second-order valence-electron chi connectivity index (χ2n) is 9.84. The van der Waals surface area contributed by atoms with Crippen LogP contribution in [0.4, 0.5) is 0 Å². The molecule has 0 fully saturated rings. The van der Waals surface area contributed by atoms with E-state index in [9.17, 15) is 9.59 Å². The number of ether oxygens (including phenoxy) is 1. The number of allylic oxidation sites excluding steroid dienone is 1. The third kappa shape index (κ3) is 25.3. The fourth-order valence-electron chi connectivity index (χ4n) is 4.40. The topological polar surface area (TPSA) is 43.4 Å². The average molecular weight is 465 g/mol. The number of esters is 1. The molecule has 0 aromatic carbocycles. The molecule has 0 rings (SSSR count). The SMILES string of the molecule is CCCCCCCC/C=C\COC(=O)CCCCCCC(CC=O)CCCCCCCCC. The molecule has 1 atom stereocenters. The van der Waals surface area contributed by atoms with Crippen LogP contribution in [0.3, 0.4) is 0 Å². The lowest BCUT2D eigenvalue weighted by Crippen LogP contribution is -2.04. The highest BCUT2D eigenvalue weighted by Gasteiger charge is 2.08. The fraction of sp³-hybridized carbons (Fsp3) is 0.867. The van der Waals surface area contributed by atoms with E-state index in [0.717, 1.165) is 38.4 Å². The molecule has 1 unspecified atom stereocenters. The van der Waals surface area contributed by atoms with Crippen molar-refractivity contribution in [3.8, 4) is 0 Å². The number of aldehydes is 1. The third-order valence-electron chi connectivity index (χ3n) is 6.62. The summed E-state index contributed by atoms with van der Waals surface area (Å²) in [6.07, 6.45) is 31.5. The third-order valence-corrected chi connectivity index (χ3v) is 6.62. The van der Waals surface area contributed by atoms with Gasteiger partial charge in [0.25, 0.3) is 0 Å². The summed E-state index contributed by atoms with van der Waals surface area (Å²) in [7, 11) is 0. The zero-order valence-corrected chi connectivity index (χ0v) is 22.3. The number of rotatable bonds is 26. The van der Waals surface area contributed by atoms with Crippen LogP contribution in [-0.2, 0) is 14.3 Å². The normalized spacial score (nSPS) is 12.3. The van der Waals surface area contributed by atoms with Crippen LogP contribution in [0.25, 0.3) is 0 Å². The van der Waals surface area contributed by atoms with Gasteiger partial charge < -0.3 is 9.53 Å². The van der Waals surface area contributed by atoms with Gasteiger partial charge in [-0.25, -0.2) is 0 Å². The Morgan fingerprint density at radius 3 is 1.76 bits per heavy atom. The summed E-state index contributed by atoms with van der Waals surface area (Å²) in [5.74, 6) is 0.489. The number of carbonyl (C=O) groups is 2. The smallest absolute Gasteiger partial charge is 0.306 e. The first kappa shape index (κ1) is 31.9. The minimum Gasteiger partial charge on any atom is -0.461 e. The first-order valence-electron chi connectivity index (χ1n) is 14.5. The van der Waals surface area contributed by atoms with E-state index in [2.05, 4.69) is 19.9 Å². The second kappa shape index (κ2) is 27.1. The van der Waals surface area contributed by atoms with Crippen molar-refractivity contribution < 1.29 is 14.3 Å². The van der Waals surface area contributed by atoms with Crippen molar-refractivity contribution in [2.45, 2.75) is 155 Å². The van der Waals surface area contributed by atoms with Crippen LogP contribution in [0.1, 0.15) is 155 Å². The standard InChI is InChI=1S/C30H56O3/c1-3-5-7-9-11-12-14-18-22-28-33-30(32)25-21-17-16-20-24-29(26-27-31)23-19-15-13-10-8-6-4-2/h18,22,27,29H,3-17,19-21,23-26,28H2,1-2H3/b22-18-. The Hall–Kier alpha value is -1.12. The maximum absolute atomic E-state index is 11.8. The highest BCUT2D eigenvalue weighted by Crippen LogP contribution is 2.21. The molecular formula is C30H56O3. The van der Waals surface area contributed by atoms with Crippen molar-refractivity contribution in [1.29, 1.82) is 0 Å². The molecule has 194 valence electrons. The molecule has 0 aromatic rings. The molecule has 0 saturated carbocycles. The molecule has 0 N–H and O–H groups in total. The fourth-order valence-corrected chi connectivity index (χ4v) is 4.40. The van der Waals surface area contributed by atoms with Crippen molar-refractivity contribution in [2.24, 2.45) is 5.92 Å². The molecule has 3 nitrogen and oxygen atoms in total. The van der Waals surface area contributed by atoms with E-state index in [1.54, 1.807) is 0 Å². The van der Waals surface area contributed by atoms with Crippen LogP contribution in [0.5, 0.6) is 0 Å². The molecular weight excluding hydrogens is 408 g/mol. The Balaban J connectivity index is 3.55. The molecule has 0 aromatic heterocycles. The van der Waals surface area contributed by atoms with E-state index >= 15 is 0 Å². The van der Waals surface area contributed by atoms with Gasteiger partial charge in [-0.1, -0.05) is 135 Å². The molecule has 0 bridgehead atoms. The lowest BCUT2D eigenvalue weighted by atomic mass is 9.92. The van der Waals surface area contributed by atoms with Gasteiger partial charge >= 0.3 is 5.97 Å². The van der Waals surface area contributed by atoms with Crippen LogP contribution in [-0.4, -0.2) is 18.9 Å². The lowest BCUT2D eigenvalue weighted by molar-refractivity contribution is -0.142. The maximum atomic E-state index is 11.8. The van der Waals surface area contributed by atoms with E-state index in [-0.39, 0.29) is 5.97 Å². The van der Waals surface area contributed by atoms with Crippen LogP contribution in [0.15, 0.2) is 12.2 Å². The molecule has 0 heterocycles. The zero-order valence-electron chi connectivity index (χ0n) is 22.3. The quantitative estimate of drug-likeness (QED) is 0.0554. The zero-order chi connectivity index (χ0) is 24.2. The summed E-state index contributed by atoms with van der Waals surface area (Å²) in [6, 6.07) is 0. The van der Waals surface area contributed by atoms with Gasteiger partial charge in [-0.3, -0.25) is 4.79 Å². The monoisotopic (exact) mass is 464 g/mol. The van der Waals surface area contributed by atoms with Gasteiger partial charge in [-0.2, -0.15) is 0 Å². The first-order chi connectivity index (χ1) is 16.2. The molecule has 0 aliphatic heterocycles. The van der Waals surface area contributed by atoms with Crippen LogP contribution < -0.4 is 0 Å². The molecule has 0 spiro atoms. The summed E-state index contributed by atoms with van der Waals surface area (Å²) >= 11 is 0. The summed E-state index contributed by atoms with van der Waals surface area (Å²) in [4.78, 5) is 22.8. The van der Waals surface area contributed by atoms with E-state index < -0.39 is 0 Å². The predicted octanol–water partition coefficient (Wildman–Crippen LogP) is 9.52. The number of carbonyl (C=O) groups excluding carboxylic acids is 2. The van der Waals surface area contributed by atoms with Gasteiger partial charge in [0.05, 0.1) is 0 Å². The first-order valence-corrected chi connectivity index (χ1v) is 14.5. The molecule has 0 aliphatic carbocycles. The van der Waals surface area contributed by atoms with E-state index in [1.807, 2.05) is 6.08 Å². The molecule has 33 heavy (non-hydrogen) atoms. The number of unbranched alkanes of at least 4 members (excludes halogenated alkanes) is 15. The Morgan fingerprint density at radius 1 is 0.667 bits per heavy atom. The Kier molecular flexibility index (Phi) is 26.2. The van der Waals surface area contributed by atoms with Crippen molar-refractivity contribution in [2.75, 3.05) is 6.61 Å². The Bertz CT molecular complexity index is 444.